The number of hydrogen-bond donors (Lipinski definition) is 1. The third-order valence-electron chi connectivity index (χ3n) is 5.52. The van der Waals surface area contributed by atoms with E-state index in [1.807, 2.05) is 0 Å². The highest BCUT2D eigenvalue weighted by Gasteiger charge is 2.31. The van der Waals surface area contributed by atoms with E-state index in [0.717, 1.165) is 10.1 Å². The molecule has 0 aliphatic rings. The van der Waals surface area contributed by atoms with Crippen LogP contribution in [0.15, 0.2) is 62.6 Å². The van der Waals surface area contributed by atoms with Crippen molar-refractivity contribution < 1.29 is 18.8 Å². The molecule has 0 bridgehead atoms. The molecule has 2 aromatic heterocycles. The Balaban J connectivity index is 1.68. The normalized spacial score (nSPS) is 11.3. The number of rotatable bonds is 9. The van der Waals surface area contributed by atoms with Gasteiger partial charge in [-0.1, -0.05) is 23.7 Å². The number of halogens is 1. The van der Waals surface area contributed by atoms with Crippen LogP contribution in [0.3, 0.4) is 0 Å². The van der Waals surface area contributed by atoms with Crippen LogP contribution in [0, 0.1) is 12.3 Å². The van der Waals surface area contributed by atoms with E-state index < -0.39 is 22.8 Å². The van der Waals surface area contributed by atoms with E-state index in [9.17, 15) is 14.4 Å². The van der Waals surface area contributed by atoms with Gasteiger partial charge in [0, 0.05) is 24.2 Å². The Morgan fingerprint density at radius 1 is 1.05 bits per heavy atom. The Morgan fingerprint density at radius 2 is 1.74 bits per heavy atom. The van der Waals surface area contributed by atoms with Crippen LogP contribution in [0.5, 0.6) is 11.8 Å². The van der Waals surface area contributed by atoms with Gasteiger partial charge in [-0.3, -0.25) is 9.36 Å². The zero-order chi connectivity index (χ0) is 27.4. The van der Waals surface area contributed by atoms with Crippen molar-refractivity contribution in [3.05, 3.63) is 86.0 Å². The molecule has 0 radical (unpaired) electrons. The molecule has 1 N–H and O–H groups in total. The van der Waals surface area contributed by atoms with Gasteiger partial charge in [-0.15, -0.1) is 0 Å². The number of anilines is 2. The summed E-state index contributed by atoms with van der Waals surface area (Å²) in [6.45, 7) is 4.68. The lowest BCUT2D eigenvalue weighted by atomic mass is 9.94. The largest absolute Gasteiger partial charge is 0.469 e. The minimum absolute atomic E-state index is 0.0181. The predicted octanol–water partition coefficient (Wildman–Crippen LogP) is 3.53. The van der Waals surface area contributed by atoms with Crippen LogP contribution in [-0.2, 0) is 22.6 Å². The average molecular weight is 541 g/mol. The molecule has 0 atom stereocenters. The third kappa shape index (κ3) is 6.09. The summed E-state index contributed by atoms with van der Waals surface area (Å²) in [5.41, 5.74) is -1.32. The lowest BCUT2D eigenvalue weighted by Gasteiger charge is -2.23. The van der Waals surface area contributed by atoms with Crippen molar-refractivity contribution in [2.45, 2.75) is 33.9 Å². The van der Waals surface area contributed by atoms with Crippen molar-refractivity contribution in [2.24, 2.45) is 5.41 Å². The number of carbonyl (C=O) groups is 1. The highest BCUT2D eigenvalue weighted by Crippen LogP contribution is 2.23. The quantitative estimate of drug-likeness (QED) is 0.313. The van der Waals surface area contributed by atoms with Crippen molar-refractivity contribution >= 4 is 29.2 Å². The fourth-order valence-corrected chi connectivity index (χ4v) is 3.70. The van der Waals surface area contributed by atoms with Gasteiger partial charge in [0.2, 0.25) is 11.8 Å². The van der Waals surface area contributed by atoms with Crippen LogP contribution in [0.4, 0.5) is 11.6 Å². The second-order valence-corrected chi connectivity index (χ2v) is 9.46. The molecule has 0 fully saturated rings. The molecule has 198 valence electrons. The fourth-order valence-electron chi connectivity index (χ4n) is 3.57. The number of esters is 1. The summed E-state index contributed by atoms with van der Waals surface area (Å²) in [6.07, 6.45) is 0. The first kappa shape index (κ1) is 26.6. The zero-order valence-corrected chi connectivity index (χ0v) is 21.9. The second kappa shape index (κ2) is 10.9. The summed E-state index contributed by atoms with van der Waals surface area (Å²) in [5, 5.41) is 7.24. The van der Waals surface area contributed by atoms with E-state index in [1.165, 1.54) is 11.7 Å². The summed E-state index contributed by atoms with van der Waals surface area (Å²) in [5.74, 6) is 0.272. The molecule has 13 heteroatoms. The Hall–Kier alpha value is -4.45. The zero-order valence-electron chi connectivity index (χ0n) is 21.1. The Bertz CT molecular complexity index is 1560. The number of ether oxygens (including phenoxy) is 2. The van der Waals surface area contributed by atoms with Gasteiger partial charge < -0.3 is 19.3 Å². The maximum Gasteiger partial charge on any atom is 0.359 e. The minimum atomic E-state index is -1.14. The Morgan fingerprint density at radius 3 is 2.34 bits per heavy atom. The van der Waals surface area contributed by atoms with Gasteiger partial charge in [0.15, 0.2) is 0 Å². The number of nitrogens with zero attached hydrogens (tertiary/aromatic N) is 5. The number of benzene rings is 2. The van der Waals surface area contributed by atoms with E-state index in [1.54, 1.807) is 69.3 Å². The summed E-state index contributed by atoms with van der Waals surface area (Å²) < 4.78 is 17.5. The average Bonchev–Trinajstić information content (AvgIpc) is 3.30. The first-order valence-electron chi connectivity index (χ1n) is 11.5. The molecule has 4 aromatic rings. The fraction of sp³-hybridized carbons (Fsp3) is 0.280. The van der Waals surface area contributed by atoms with E-state index in [4.69, 9.17) is 25.6 Å². The first-order valence-corrected chi connectivity index (χ1v) is 11.8. The van der Waals surface area contributed by atoms with E-state index in [-0.39, 0.29) is 25.0 Å². The van der Waals surface area contributed by atoms with E-state index in [0.29, 0.717) is 22.4 Å². The van der Waals surface area contributed by atoms with Crippen LogP contribution in [0.25, 0.3) is 0 Å². The summed E-state index contributed by atoms with van der Waals surface area (Å²) in [4.78, 5) is 46.8. The molecule has 2 aromatic carbocycles. The van der Waals surface area contributed by atoms with Gasteiger partial charge in [0.25, 0.3) is 0 Å². The number of methoxy groups -OCH3 is 1. The van der Waals surface area contributed by atoms with Crippen molar-refractivity contribution in [1.82, 2.24) is 24.3 Å². The third-order valence-corrected chi connectivity index (χ3v) is 5.78. The second-order valence-electron chi connectivity index (χ2n) is 9.02. The molecular formula is C25H25ClN6O6. The number of carbonyl (C=O) groups excluding carboxylic acids is 1. The molecule has 0 saturated carbocycles. The molecule has 2 heterocycles. The predicted molar refractivity (Wildman–Crippen MR) is 138 cm³/mol. The van der Waals surface area contributed by atoms with Gasteiger partial charge >= 0.3 is 23.4 Å². The van der Waals surface area contributed by atoms with Crippen LogP contribution in [0.1, 0.15) is 25.3 Å². The summed E-state index contributed by atoms with van der Waals surface area (Å²) >= 11 is 6.01. The van der Waals surface area contributed by atoms with Gasteiger partial charge in [0.1, 0.15) is 5.75 Å². The monoisotopic (exact) mass is 540 g/mol. The molecule has 4 rings (SSSR count). The topological polar surface area (TPSA) is 143 Å². The van der Waals surface area contributed by atoms with Crippen molar-refractivity contribution in [2.75, 3.05) is 12.4 Å². The number of hydrogen-bond acceptors (Lipinski definition) is 10. The van der Waals surface area contributed by atoms with Gasteiger partial charge in [-0.2, -0.15) is 9.97 Å². The molecule has 0 aliphatic heterocycles. The number of aromatic nitrogens is 5. The van der Waals surface area contributed by atoms with E-state index >= 15 is 0 Å². The summed E-state index contributed by atoms with van der Waals surface area (Å²) in [6, 6.07) is 13.6. The smallest absolute Gasteiger partial charge is 0.359 e. The van der Waals surface area contributed by atoms with Gasteiger partial charge in [0.05, 0.1) is 19.1 Å². The van der Waals surface area contributed by atoms with Crippen molar-refractivity contribution in [3.63, 3.8) is 0 Å². The molecule has 0 spiro atoms. The van der Waals surface area contributed by atoms with Crippen molar-refractivity contribution in [1.29, 1.82) is 0 Å². The molecule has 0 unspecified atom stereocenters. The molecular weight excluding hydrogens is 516 g/mol. The maximum atomic E-state index is 13.5. The highest BCUT2D eigenvalue weighted by molar-refractivity contribution is 6.30. The maximum absolute atomic E-state index is 13.5. The number of aryl methyl sites for hydroxylation is 1. The lowest BCUT2D eigenvalue weighted by molar-refractivity contribution is -0.151. The van der Waals surface area contributed by atoms with Crippen LogP contribution in [-0.4, -0.2) is 37.3 Å². The molecule has 0 saturated heterocycles. The SMILES string of the molecule is COC(=O)C(C)(C)Cn1c(=O)nc(Nc2ccc(Oc3noc(C)n3)cc2)n(Cc2ccc(Cl)cc2)c1=O. The lowest BCUT2D eigenvalue weighted by Crippen LogP contribution is -2.46. The molecule has 0 aliphatic carbocycles. The molecule has 12 nitrogen and oxygen atoms in total. The van der Waals surface area contributed by atoms with Gasteiger partial charge in [-0.25, -0.2) is 14.2 Å². The summed E-state index contributed by atoms with van der Waals surface area (Å²) in [7, 11) is 1.25. The highest BCUT2D eigenvalue weighted by atomic mass is 35.5. The molecule has 0 amide bonds. The van der Waals surface area contributed by atoms with Crippen LogP contribution >= 0.6 is 11.6 Å². The number of nitrogens with one attached hydrogen (secondary N) is 1. The molecule has 38 heavy (non-hydrogen) atoms. The van der Waals surface area contributed by atoms with Crippen molar-refractivity contribution in [3.8, 4) is 11.8 Å². The Kier molecular flexibility index (Phi) is 7.62. The van der Waals surface area contributed by atoms with E-state index in [2.05, 4.69) is 20.4 Å². The van der Waals surface area contributed by atoms with Gasteiger partial charge in [-0.05, 0) is 61.0 Å². The van der Waals surface area contributed by atoms with Crippen LogP contribution in [0.2, 0.25) is 5.02 Å². The standard InChI is InChI=1S/C25H25ClN6O6/c1-15-27-22(30-38-15)37-19-11-9-18(10-12-19)28-21-29-23(34)32(14-25(2,3)20(33)36-4)24(35)31(21)13-16-5-7-17(26)8-6-16/h5-12H,13-14H2,1-4H3,(H,28,29,34). The minimum Gasteiger partial charge on any atom is -0.469 e. The Labute approximate surface area is 221 Å². The first-order chi connectivity index (χ1) is 18.1. The van der Waals surface area contributed by atoms with Crippen LogP contribution < -0.4 is 21.4 Å².